The van der Waals surface area contributed by atoms with Gasteiger partial charge in [-0.15, -0.1) is 0 Å². The zero-order valence-electron chi connectivity index (χ0n) is 11.5. The molecule has 1 unspecified atom stereocenters. The Balaban J connectivity index is 2.18. The summed E-state index contributed by atoms with van der Waals surface area (Å²) in [5.74, 6) is 1.15. The zero-order chi connectivity index (χ0) is 13.8. The Hall–Kier alpha value is -1.54. The van der Waals surface area contributed by atoms with Crippen LogP contribution in [0.1, 0.15) is 29.7 Å². The molecular weight excluding hydrogens is 258 g/mol. The van der Waals surface area contributed by atoms with Gasteiger partial charge in [0.15, 0.2) is 0 Å². The molecule has 19 heavy (non-hydrogen) atoms. The van der Waals surface area contributed by atoms with Crippen molar-refractivity contribution in [3.63, 3.8) is 0 Å². The van der Waals surface area contributed by atoms with Crippen molar-refractivity contribution in [3.05, 3.63) is 58.4 Å². The van der Waals surface area contributed by atoms with E-state index in [0.717, 1.165) is 28.5 Å². The molecule has 3 heteroatoms. The number of methoxy groups -OCH3 is 1. The van der Waals surface area contributed by atoms with E-state index in [9.17, 15) is 0 Å². The van der Waals surface area contributed by atoms with Crippen molar-refractivity contribution in [2.45, 2.75) is 26.2 Å². The third-order valence-corrected chi connectivity index (χ3v) is 3.57. The van der Waals surface area contributed by atoms with Crippen molar-refractivity contribution >= 4 is 11.6 Å². The molecule has 1 atom stereocenters. The second kappa shape index (κ2) is 6.07. The Morgan fingerprint density at radius 2 is 2.05 bits per heavy atom. The normalized spacial score (nSPS) is 12.2. The van der Waals surface area contributed by atoms with Gasteiger partial charge in [0, 0.05) is 16.9 Å². The summed E-state index contributed by atoms with van der Waals surface area (Å²) in [7, 11) is 1.65. The van der Waals surface area contributed by atoms with Gasteiger partial charge in [0.25, 0.3) is 0 Å². The molecule has 0 aliphatic carbocycles. The van der Waals surface area contributed by atoms with Crippen LogP contribution in [0.15, 0.2) is 36.5 Å². The second-order valence-electron chi connectivity index (χ2n) is 4.80. The molecule has 0 fully saturated rings. The Morgan fingerprint density at radius 1 is 1.26 bits per heavy atom. The first-order valence-electron chi connectivity index (χ1n) is 6.35. The minimum atomic E-state index is 0.361. The number of hydrogen-bond acceptors (Lipinski definition) is 2. The summed E-state index contributed by atoms with van der Waals surface area (Å²) < 4.78 is 5.17. The predicted molar refractivity (Wildman–Crippen MR) is 79.1 cm³/mol. The van der Waals surface area contributed by atoms with Crippen LogP contribution in [0.4, 0.5) is 0 Å². The van der Waals surface area contributed by atoms with Crippen LogP contribution in [-0.2, 0) is 6.42 Å². The van der Waals surface area contributed by atoms with Crippen molar-refractivity contribution in [3.8, 4) is 5.75 Å². The van der Waals surface area contributed by atoms with Crippen LogP contribution in [0.2, 0.25) is 5.02 Å². The lowest BCUT2D eigenvalue weighted by Gasteiger charge is -2.14. The monoisotopic (exact) mass is 275 g/mol. The lowest BCUT2D eigenvalue weighted by Crippen LogP contribution is -2.00. The SMILES string of the molecule is COc1ccc(C(C)Cc2ccnc(C)c2)c(Cl)c1. The number of ether oxygens (including phenoxy) is 1. The number of aromatic nitrogens is 1. The smallest absolute Gasteiger partial charge is 0.120 e. The van der Waals surface area contributed by atoms with Crippen LogP contribution in [0.3, 0.4) is 0 Å². The van der Waals surface area contributed by atoms with E-state index in [-0.39, 0.29) is 0 Å². The van der Waals surface area contributed by atoms with E-state index < -0.39 is 0 Å². The molecule has 0 aliphatic rings. The van der Waals surface area contributed by atoms with Gasteiger partial charge in [0.1, 0.15) is 5.75 Å². The lowest BCUT2D eigenvalue weighted by atomic mass is 9.94. The molecule has 0 aliphatic heterocycles. The molecule has 1 heterocycles. The summed E-state index contributed by atoms with van der Waals surface area (Å²) >= 11 is 6.31. The average Bonchev–Trinajstić information content (AvgIpc) is 2.38. The Kier molecular flexibility index (Phi) is 4.43. The van der Waals surface area contributed by atoms with Gasteiger partial charge in [0.05, 0.1) is 7.11 Å². The van der Waals surface area contributed by atoms with Crippen molar-refractivity contribution in [2.24, 2.45) is 0 Å². The van der Waals surface area contributed by atoms with Crippen molar-refractivity contribution in [1.82, 2.24) is 4.98 Å². The summed E-state index contributed by atoms with van der Waals surface area (Å²) in [4.78, 5) is 4.22. The fraction of sp³-hybridized carbons (Fsp3) is 0.312. The van der Waals surface area contributed by atoms with Gasteiger partial charge < -0.3 is 4.74 Å². The molecule has 0 radical (unpaired) electrons. The van der Waals surface area contributed by atoms with E-state index >= 15 is 0 Å². The topological polar surface area (TPSA) is 22.1 Å². The maximum Gasteiger partial charge on any atom is 0.120 e. The summed E-state index contributed by atoms with van der Waals surface area (Å²) in [6.07, 6.45) is 2.81. The third kappa shape index (κ3) is 3.48. The first-order valence-corrected chi connectivity index (χ1v) is 6.73. The van der Waals surface area contributed by atoms with Gasteiger partial charge in [-0.05, 0) is 54.7 Å². The Bertz CT molecular complexity index is 568. The third-order valence-electron chi connectivity index (χ3n) is 3.24. The zero-order valence-corrected chi connectivity index (χ0v) is 12.2. The molecule has 0 saturated carbocycles. The first-order chi connectivity index (χ1) is 9.10. The lowest BCUT2D eigenvalue weighted by molar-refractivity contribution is 0.414. The highest BCUT2D eigenvalue weighted by molar-refractivity contribution is 6.31. The average molecular weight is 276 g/mol. The Labute approximate surface area is 119 Å². The van der Waals surface area contributed by atoms with Crippen molar-refractivity contribution < 1.29 is 4.74 Å². The molecule has 0 amide bonds. The maximum absolute atomic E-state index is 6.31. The number of halogens is 1. The molecule has 0 saturated heterocycles. The molecule has 0 spiro atoms. The number of nitrogens with zero attached hydrogens (tertiary/aromatic N) is 1. The van der Waals surface area contributed by atoms with Crippen LogP contribution in [0, 0.1) is 6.92 Å². The van der Waals surface area contributed by atoms with Crippen LogP contribution >= 0.6 is 11.6 Å². The standard InChI is InChI=1S/C16H18ClNO/c1-11(8-13-6-7-18-12(2)9-13)15-5-4-14(19-3)10-16(15)17/h4-7,9-11H,8H2,1-3H3. The van der Waals surface area contributed by atoms with E-state index in [2.05, 4.69) is 24.0 Å². The molecule has 2 nitrogen and oxygen atoms in total. The molecule has 0 bridgehead atoms. The fourth-order valence-electron chi connectivity index (χ4n) is 2.23. The van der Waals surface area contributed by atoms with E-state index in [4.69, 9.17) is 16.3 Å². The highest BCUT2D eigenvalue weighted by Crippen LogP contribution is 2.30. The van der Waals surface area contributed by atoms with Gasteiger partial charge in [-0.2, -0.15) is 0 Å². The molecule has 0 N–H and O–H groups in total. The second-order valence-corrected chi connectivity index (χ2v) is 5.21. The summed E-state index contributed by atoms with van der Waals surface area (Å²) in [5, 5.41) is 0.762. The summed E-state index contributed by atoms with van der Waals surface area (Å²) in [5.41, 5.74) is 3.48. The van der Waals surface area contributed by atoms with Crippen molar-refractivity contribution in [2.75, 3.05) is 7.11 Å². The molecular formula is C16H18ClNO. The Morgan fingerprint density at radius 3 is 2.68 bits per heavy atom. The number of hydrogen-bond donors (Lipinski definition) is 0. The van der Waals surface area contributed by atoms with E-state index in [1.807, 2.05) is 31.3 Å². The fourth-order valence-corrected chi connectivity index (χ4v) is 2.59. The molecule has 1 aromatic carbocycles. The largest absolute Gasteiger partial charge is 0.497 e. The van der Waals surface area contributed by atoms with Crippen LogP contribution in [0.25, 0.3) is 0 Å². The van der Waals surface area contributed by atoms with E-state index in [0.29, 0.717) is 5.92 Å². The highest BCUT2D eigenvalue weighted by Gasteiger charge is 2.11. The van der Waals surface area contributed by atoms with Gasteiger partial charge in [-0.25, -0.2) is 0 Å². The minimum Gasteiger partial charge on any atom is -0.497 e. The summed E-state index contributed by atoms with van der Waals surface area (Å²) in [6, 6.07) is 10.0. The molecule has 2 aromatic rings. The number of pyridine rings is 1. The number of aryl methyl sites for hydroxylation is 1. The van der Waals surface area contributed by atoms with Gasteiger partial charge >= 0.3 is 0 Å². The van der Waals surface area contributed by atoms with Crippen LogP contribution in [0.5, 0.6) is 5.75 Å². The summed E-state index contributed by atoms with van der Waals surface area (Å²) in [6.45, 7) is 4.19. The van der Waals surface area contributed by atoms with Crippen molar-refractivity contribution in [1.29, 1.82) is 0 Å². The van der Waals surface area contributed by atoms with E-state index in [1.165, 1.54) is 5.56 Å². The van der Waals surface area contributed by atoms with E-state index in [1.54, 1.807) is 7.11 Å². The molecule has 2 rings (SSSR count). The quantitative estimate of drug-likeness (QED) is 0.825. The number of rotatable bonds is 4. The van der Waals surface area contributed by atoms with Gasteiger partial charge in [-0.1, -0.05) is 24.6 Å². The van der Waals surface area contributed by atoms with Gasteiger partial charge in [-0.3, -0.25) is 4.98 Å². The van der Waals surface area contributed by atoms with Crippen LogP contribution in [-0.4, -0.2) is 12.1 Å². The van der Waals surface area contributed by atoms with Crippen LogP contribution < -0.4 is 4.74 Å². The maximum atomic E-state index is 6.31. The predicted octanol–water partition coefficient (Wildman–Crippen LogP) is 4.40. The number of benzene rings is 1. The molecule has 100 valence electrons. The molecule has 1 aromatic heterocycles. The highest BCUT2D eigenvalue weighted by atomic mass is 35.5. The first kappa shape index (κ1) is 13.9. The minimum absolute atomic E-state index is 0.361. The van der Waals surface area contributed by atoms with Gasteiger partial charge in [0.2, 0.25) is 0 Å².